The third-order valence-corrected chi connectivity index (χ3v) is 6.42. The van der Waals surface area contributed by atoms with Crippen LogP contribution in [0.2, 0.25) is 5.02 Å². The summed E-state index contributed by atoms with van der Waals surface area (Å²) in [6.07, 6.45) is 3.35. The molecule has 2 heterocycles. The van der Waals surface area contributed by atoms with E-state index in [1.54, 1.807) is 12.1 Å². The van der Waals surface area contributed by atoms with Gasteiger partial charge in [-0.05, 0) is 80.3 Å². The normalized spacial score (nSPS) is 14.1. The van der Waals surface area contributed by atoms with Gasteiger partial charge in [-0.15, -0.1) is 0 Å². The second-order valence-corrected chi connectivity index (χ2v) is 8.94. The minimum atomic E-state index is -0.166. The fraction of sp³-hybridized carbons (Fsp3) is 0.214. The number of amides is 1. The molecule has 0 radical (unpaired) electrons. The van der Waals surface area contributed by atoms with Crippen LogP contribution in [0.5, 0.6) is 0 Å². The van der Waals surface area contributed by atoms with Gasteiger partial charge in [0.1, 0.15) is 0 Å². The predicted molar refractivity (Wildman–Crippen MR) is 138 cm³/mol. The molecule has 0 bridgehead atoms. The second kappa shape index (κ2) is 9.84. The number of nitrogens with zero attached hydrogens (tertiary/aromatic N) is 2. The standard InChI is InChI=1S/C28H26ClN3O2/c1-19-17-22(32-15-5-2-6-16-34-32)11-12-23(19)28(33)30-21-10-13-25(29)24(18-21)27-14-9-20-7-3-4-8-26(20)31-27/h3-4,7-14,17-18H,2,5-6,15-16H2,1H3,(H,30,33). The summed E-state index contributed by atoms with van der Waals surface area (Å²) in [6.45, 7) is 3.54. The molecule has 172 valence electrons. The monoisotopic (exact) mass is 471 g/mol. The summed E-state index contributed by atoms with van der Waals surface area (Å²) in [5.41, 5.74) is 5.60. The van der Waals surface area contributed by atoms with E-state index in [1.165, 1.54) is 6.42 Å². The van der Waals surface area contributed by atoms with Crippen molar-refractivity contribution < 1.29 is 9.63 Å². The Labute approximate surface area is 204 Å². The van der Waals surface area contributed by atoms with E-state index < -0.39 is 0 Å². The maximum Gasteiger partial charge on any atom is 0.255 e. The lowest BCUT2D eigenvalue weighted by molar-refractivity contribution is 0.102. The fourth-order valence-electron chi connectivity index (χ4n) is 4.25. The van der Waals surface area contributed by atoms with Gasteiger partial charge in [-0.3, -0.25) is 14.7 Å². The van der Waals surface area contributed by atoms with E-state index in [0.717, 1.165) is 59.4 Å². The topological polar surface area (TPSA) is 54.5 Å². The van der Waals surface area contributed by atoms with Crippen molar-refractivity contribution in [2.75, 3.05) is 23.5 Å². The third-order valence-electron chi connectivity index (χ3n) is 6.09. The van der Waals surface area contributed by atoms with E-state index in [9.17, 15) is 4.79 Å². The minimum absolute atomic E-state index is 0.166. The van der Waals surface area contributed by atoms with Crippen molar-refractivity contribution in [2.45, 2.75) is 26.2 Å². The summed E-state index contributed by atoms with van der Waals surface area (Å²) in [5, 5.41) is 6.59. The Morgan fingerprint density at radius 2 is 1.88 bits per heavy atom. The molecule has 0 spiro atoms. The SMILES string of the molecule is Cc1cc(N2CCCCCO2)ccc1C(=O)Nc1ccc(Cl)c(-c2ccc3ccccc3n2)c1. The van der Waals surface area contributed by atoms with Gasteiger partial charge in [0.2, 0.25) is 0 Å². The van der Waals surface area contributed by atoms with Crippen LogP contribution in [0.25, 0.3) is 22.2 Å². The van der Waals surface area contributed by atoms with E-state index in [0.29, 0.717) is 16.3 Å². The highest BCUT2D eigenvalue weighted by Crippen LogP contribution is 2.31. The Kier molecular flexibility index (Phi) is 6.48. The highest BCUT2D eigenvalue weighted by molar-refractivity contribution is 6.33. The van der Waals surface area contributed by atoms with Crippen LogP contribution in [-0.2, 0) is 4.84 Å². The number of rotatable bonds is 4. The summed E-state index contributed by atoms with van der Waals surface area (Å²) in [5.74, 6) is -0.166. The second-order valence-electron chi connectivity index (χ2n) is 8.53. The average Bonchev–Trinajstić information content (AvgIpc) is 3.14. The Morgan fingerprint density at radius 3 is 2.76 bits per heavy atom. The van der Waals surface area contributed by atoms with Crippen molar-refractivity contribution in [1.82, 2.24) is 4.98 Å². The number of benzene rings is 3. The quantitative estimate of drug-likeness (QED) is 0.347. The van der Waals surface area contributed by atoms with Crippen LogP contribution in [0.3, 0.4) is 0 Å². The van der Waals surface area contributed by atoms with Crippen LogP contribution in [0.15, 0.2) is 72.8 Å². The summed E-state index contributed by atoms with van der Waals surface area (Å²) < 4.78 is 0. The van der Waals surface area contributed by atoms with E-state index in [2.05, 4.69) is 5.32 Å². The zero-order valence-electron chi connectivity index (χ0n) is 19.1. The first kappa shape index (κ1) is 22.4. The molecule has 0 atom stereocenters. The molecular weight excluding hydrogens is 446 g/mol. The Balaban J connectivity index is 1.37. The number of anilines is 2. The Bertz CT molecular complexity index is 1350. The number of fused-ring (bicyclic) bond motifs is 1. The third kappa shape index (κ3) is 4.76. The van der Waals surface area contributed by atoms with Crippen LogP contribution < -0.4 is 10.4 Å². The first-order valence-electron chi connectivity index (χ1n) is 11.6. The molecule has 0 unspecified atom stereocenters. The van der Waals surface area contributed by atoms with Gasteiger partial charge in [0.25, 0.3) is 5.91 Å². The largest absolute Gasteiger partial charge is 0.322 e. The lowest BCUT2D eigenvalue weighted by Gasteiger charge is -2.22. The number of hydrogen-bond acceptors (Lipinski definition) is 4. The number of aryl methyl sites for hydroxylation is 1. The molecule has 3 aromatic carbocycles. The summed E-state index contributed by atoms with van der Waals surface area (Å²) >= 11 is 6.49. The summed E-state index contributed by atoms with van der Waals surface area (Å²) in [7, 11) is 0. The lowest BCUT2D eigenvalue weighted by Crippen LogP contribution is -2.23. The molecule has 6 heteroatoms. The number of carbonyl (C=O) groups is 1. The van der Waals surface area contributed by atoms with Crippen LogP contribution in [0.4, 0.5) is 11.4 Å². The summed E-state index contributed by atoms with van der Waals surface area (Å²) in [6, 6.07) is 23.2. The van der Waals surface area contributed by atoms with Gasteiger partial charge in [-0.25, -0.2) is 4.98 Å². The fourth-order valence-corrected chi connectivity index (χ4v) is 4.46. The molecular formula is C28H26ClN3O2. The number of para-hydroxylation sites is 1. The molecule has 1 aromatic heterocycles. The molecule has 34 heavy (non-hydrogen) atoms. The van der Waals surface area contributed by atoms with Gasteiger partial charge < -0.3 is 5.32 Å². The molecule has 1 fully saturated rings. The Hall–Kier alpha value is -3.41. The highest BCUT2D eigenvalue weighted by atomic mass is 35.5. The highest BCUT2D eigenvalue weighted by Gasteiger charge is 2.16. The van der Waals surface area contributed by atoms with Gasteiger partial charge in [-0.2, -0.15) is 0 Å². The maximum atomic E-state index is 13.1. The number of halogens is 1. The van der Waals surface area contributed by atoms with E-state index in [-0.39, 0.29) is 5.91 Å². The van der Waals surface area contributed by atoms with Crippen molar-refractivity contribution in [3.63, 3.8) is 0 Å². The number of aromatic nitrogens is 1. The molecule has 4 aromatic rings. The van der Waals surface area contributed by atoms with Crippen molar-refractivity contribution in [2.24, 2.45) is 0 Å². The first-order chi connectivity index (χ1) is 16.6. The predicted octanol–water partition coefficient (Wildman–Crippen LogP) is 7.04. The van der Waals surface area contributed by atoms with E-state index >= 15 is 0 Å². The van der Waals surface area contributed by atoms with Gasteiger partial charge in [0, 0.05) is 28.7 Å². The zero-order chi connectivity index (χ0) is 23.5. The van der Waals surface area contributed by atoms with E-state index in [4.69, 9.17) is 21.4 Å². The number of hydrogen-bond donors (Lipinski definition) is 1. The maximum absolute atomic E-state index is 13.1. The lowest BCUT2D eigenvalue weighted by atomic mass is 10.1. The molecule has 5 nitrogen and oxygen atoms in total. The molecule has 1 amide bonds. The molecule has 5 rings (SSSR count). The molecule has 1 saturated heterocycles. The average molecular weight is 472 g/mol. The molecule has 0 saturated carbocycles. The smallest absolute Gasteiger partial charge is 0.255 e. The van der Waals surface area contributed by atoms with Crippen LogP contribution in [-0.4, -0.2) is 24.0 Å². The molecule has 1 N–H and O–H groups in total. The van der Waals surface area contributed by atoms with E-state index in [1.807, 2.05) is 72.7 Å². The van der Waals surface area contributed by atoms with Crippen molar-refractivity contribution in [3.8, 4) is 11.3 Å². The molecule has 1 aliphatic heterocycles. The van der Waals surface area contributed by atoms with Crippen LogP contribution in [0, 0.1) is 6.92 Å². The van der Waals surface area contributed by atoms with Crippen LogP contribution >= 0.6 is 11.6 Å². The minimum Gasteiger partial charge on any atom is -0.322 e. The van der Waals surface area contributed by atoms with Gasteiger partial charge in [-0.1, -0.05) is 35.9 Å². The van der Waals surface area contributed by atoms with Crippen LogP contribution in [0.1, 0.15) is 35.2 Å². The molecule has 1 aliphatic rings. The number of carbonyl (C=O) groups excluding carboxylic acids is 1. The van der Waals surface area contributed by atoms with Crippen molar-refractivity contribution >= 4 is 39.8 Å². The molecule has 0 aliphatic carbocycles. The van der Waals surface area contributed by atoms with Gasteiger partial charge in [0.15, 0.2) is 0 Å². The Morgan fingerprint density at radius 1 is 1.00 bits per heavy atom. The van der Waals surface area contributed by atoms with Crippen molar-refractivity contribution in [1.29, 1.82) is 0 Å². The van der Waals surface area contributed by atoms with Gasteiger partial charge >= 0.3 is 0 Å². The summed E-state index contributed by atoms with van der Waals surface area (Å²) in [4.78, 5) is 23.7. The van der Waals surface area contributed by atoms with Gasteiger partial charge in [0.05, 0.1) is 28.5 Å². The van der Waals surface area contributed by atoms with Crippen molar-refractivity contribution in [3.05, 3.63) is 88.9 Å². The number of nitrogens with one attached hydrogen (secondary N) is 1. The first-order valence-corrected chi connectivity index (χ1v) is 11.9. The number of hydroxylamine groups is 1. The number of pyridine rings is 1. The zero-order valence-corrected chi connectivity index (χ0v) is 19.8.